The molecule has 0 aromatic carbocycles. The lowest BCUT2D eigenvalue weighted by molar-refractivity contribution is -0.137. The van der Waals surface area contributed by atoms with Crippen molar-refractivity contribution in [2.45, 2.75) is 32.2 Å². The summed E-state index contributed by atoms with van der Waals surface area (Å²) < 4.78 is 1.48. The van der Waals surface area contributed by atoms with Crippen molar-refractivity contribution in [1.82, 2.24) is 19.9 Å². The van der Waals surface area contributed by atoms with Crippen molar-refractivity contribution < 1.29 is 14.7 Å². The number of nitrogens with one attached hydrogen (secondary N) is 2. The summed E-state index contributed by atoms with van der Waals surface area (Å²) in [6, 6.07) is 2.77. The zero-order valence-corrected chi connectivity index (χ0v) is 12.9. The van der Waals surface area contributed by atoms with Gasteiger partial charge in [-0.2, -0.15) is 4.98 Å². The molecule has 0 spiro atoms. The zero-order valence-electron chi connectivity index (χ0n) is 12.1. The van der Waals surface area contributed by atoms with E-state index in [1.165, 1.54) is 4.52 Å². The predicted molar refractivity (Wildman–Crippen MR) is 81.1 cm³/mol. The van der Waals surface area contributed by atoms with E-state index >= 15 is 0 Å². The Hall–Kier alpha value is -2.35. The minimum Gasteiger partial charge on any atom is -0.481 e. The first kappa shape index (κ1) is 16.0. The second-order valence-corrected chi connectivity index (χ2v) is 5.88. The molecule has 0 saturated heterocycles. The molecule has 2 heterocycles. The Kier molecular flexibility index (Phi) is 4.51. The number of carboxylic acid groups (broad SMARTS) is 1. The van der Waals surface area contributed by atoms with E-state index < -0.39 is 17.5 Å². The highest BCUT2D eigenvalue weighted by Crippen LogP contribution is 2.13. The van der Waals surface area contributed by atoms with Crippen LogP contribution in [0, 0.1) is 0 Å². The number of fused-ring (bicyclic) bond motifs is 1. The minimum atomic E-state index is -0.908. The van der Waals surface area contributed by atoms with Gasteiger partial charge in [0.1, 0.15) is 0 Å². The summed E-state index contributed by atoms with van der Waals surface area (Å²) >= 11 is 5.85. The number of pyridine rings is 1. The molecule has 8 nitrogen and oxygen atoms in total. The van der Waals surface area contributed by atoms with Crippen molar-refractivity contribution in [2.75, 3.05) is 5.32 Å². The fraction of sp³-hybridized carbons (Fsp3) is 0.385. The number of anilines is 1. The van der Waals surface area contributed by atoms with Gasteiger partial charge in [0.25, 0.3) is 5.95 Å². The first-order chi connectivity index (χ1) is 10.2. The van der Waals surface area contributed by atoms with Crippen molar-refractivity contribution in [3.8, 4) is 0 Å². The molecule has 0 saturated carbocycles. The van der Waals surface area contributed by atoms with E-state index in [4.69, 9.17) is 16.7 Å². The van der Waals surface area contributed by atoms with Gasteiger partial charge in [-0.1, -0.05) is 11.6 Å². The summed E-state index contributed by atoms with van der Waals surface area (Å²) in [7, 11) is 0. The van der Waals surface area contributed by atoms with Crippen LogP contribution in [-0.2, 0) is 4.79 Å². The van der Waals surface area contributed by atoms with E-state index in [1.54, 1.807) is 32.2 Å². The highest BCUT2D eigenvalue weighted by molar-refractivity contribution is 6.30. The summed E-state index contributed by atoms with van der Waals surface area (Å²) in [6.07, 6.45) is 1.91. The van der Waals surface area contributed by atoms with Crippen molar-refractivity contribution in [3.63, 3.8) is 0 Å². The van der Waals surface area contributed by atoms with Gasteiger partial charge in [-0.15, -0.1) is 5.10 Å². The fourth-order valence-corrected chi connectivity index (χ4v) is 1.99. The van der Waals surface area contributed by atoms with Gasteiger partial charge in [-0.05, 0) is 26.3 Å². The molecule has 2 aromatic rings. The van der Waals surface area contributed by atoms with Crippen LogP contribution in [0.3, 0.4) is 0 Å². The maximum Gasteiger partial charge on any atom is 0.322 e. The molecule has 0 aliphatic carbocycles. The number of carboxylic acids is 1. The molecule has 3 N–H and O–H groups in total. The van der Waals surface area contributed by atoms with Crippen molar-refractivity contribution in [2.24, 2.45) is 0 Å². The Labute approximate surface area is 131 Å². The smallest absolute Gasteiger partial charge is 0.322 e. The Bertz CT molecular complexity index is 713. The monoisotopic (exact) mass is 325 g/mol. The molecule has 118 valence electrons. The van der Waals surface area contributed by atoms with E-state index in [9.17, 15) is 9.59 Å². The molecule has 0 bridgehead atoms. The number of hydrogen-bond acceptors (Lipinski definition) is 4. The molecular formula is C13H16ClN5O3. The molecule has 9 heteroatoms. The van der Waals surface area contributed by atoms with Gasteiger partial charge in [0.2, 0.25) is 0 Å². The largest absolute Gasteiger partial charge is 0.481 e. The van der Waals surface area contributed by atoms with Crippen molar-refractivity contribution in [3.05, 3.63) is 23.4 Å². The molecule has 0 atom stereocenters. The Morgan fingerprint density at radius 1 is 1.45 bits per heavy atom. The number of carbonyl (C=O) groups is 2. The van der Waals surface area contributed by atoms with Gasteiger partial charge in [0.05, 0.1) is 0 Å². The molecule has 0 aliphatic rings. The highest BCUT2D eigenvalue weighted by atomic mass is 35.5. The third kappa shape index (κ3) is 4.32. The maximum atomic E-state index is 11.9. The average Bonchev–Trinajstić information content (AvgIpc) is 2.76. The fourth-order valence-electron chi connectivity index (χ4n) is 1.83. The first-order valence-electron chi connectivity index (χ1n) is 6.58. The number of nitrogens with zero attached hydrogens (tertiary/aromatic N) is 3. The van der Waals surface area contributed by atoms with Crippen LogP contribution in [0.4, 0.5) is 10.7 Å². The lowest BCUT2D eigenvalue weighted by Crippen LogP contribution is -2.45. The highest BCUT2D eigenvalue weighted by Gasteiger charge is 2.22. The Balaban J connectivity index is 1.99. The third-order valence-corrected chi connectivity index (χ3v) is 3.18. The van der Waals surface area contributed by atoms with Crippen LogP contribution in [0.5, 0.6) is 0 Å². The molecule has 2 aromatic heterocycles. The maximum absolute atomic E-state index is 11.9. The van der Waals surface area contributed by atoms with Gasteiger partial charge >= 0.3 is 12.0 Å². The lowest BCUT2D eigenvalue weighted by Gasteiger charge is -2.25. The van der Waals surface area contributed by atoms with E-state index in [0.717, 1.165) is 0 Å². The van der Waals surface area contributed by atoms with Crippen LogP contribution in [0.25, 0.3) is 5.65 Å². The Morgan fingerprint density at radius 2 is 2.18 bits per heavy atom. The topological polar surface area (TPSA) is 109 Å². The normalized spacial score (nSPS) is 11.4. The third-order valence-electron chi connectivity index (χ3n) is 2.94. The lowest BCUT2D eigenvalue weighted by atomic mass is 9.99. The van der Waals surface area contributed by atoms with Crippen LogP contribution >= 0.6 is 11.6 Å². The van der Waals surface area contributed by atoms with Crippen molar-refractivity contribution >= 4 is 35.2 Å². The van der Waals surface area contributed by atoms with Crippen LogP contribution < -0.4 is 10.6 Å². The van der Waals surface area contributed by atoms with Gasteiger partial charge in [0.15, 0.2) is 5.65 Å². The molecular weight excluding hydrogens is 310 g/mol. The van der Waals surface area contributed by atoms with Gasteiger partial charge in [0, 0.05) is 29.2 Å². The van der Waals surface area contributed by atoms with Crippen molar-refractivity contribution in [1.29, 1.82) is 0 Å². The number of amides is 2. The van der Waals surface area contributed by atoms with Crippen LogP contribution in [-0.4, -0.2) is 37.2 Å². The molecule has 2 rings (SSSR count). The average molecular weight is 326 g/mol. The zero-order chi connectivity index (χ0) is 16.3. The summed E-state index contributed by atoms with van der Waals surface area (Å²) in [4.78, 5) is 26.6. The summed E-state index contributed by atoms with van der Waals surface area (Å²) in [5.41, 5.74) is -0.154. The number of rotatable bonds is 5. The molecule has 0 radical (unpaired) electrons. The van der Waals surface area contributed by atoms with E-state index in [2.05, 4.69) is 20.7 Å². The number of hydrogen-bond donors (Lipinski definition) is 3. The Morgan fingerprint density at radius 3 is 2.86 bits per heavy atom. The van der Waals surface area contributed by atoms with Crippen LogP contribution in [0.1, 0.15) is 26.7 Å². The van der Waals surface area contributed by atoms with Gasteiger partial charge in [-0.25, -0.2) is 9.31 Å². The first-order valence-corrected chi connectivity index (χ1v) is 6.96. The predicted octanol–water partition coefficient (Wildman–Crippen LogP) is 2.15. The second kappa shape index (κ2) is 6.18. The summed E-state index contributed by atoms with van der Waals surface area (Å²) in [5, 5.41) is 18.5. The number of aliphatic carboxylic acids is 1. The summed E-state index contributed by atoms with van der Waals surface area (Å²) in [5.74, 6) is -0.775. The molecule has 0 aliphatic heterocycles. The number of halogens is 1. The minimum absolute atomic E-state index is 0.0294. The summed E-state index contributed by atoms with van der Waals surface area (Å²) in [6.45, 7) is 3.48. The quantitative estimate of drug-likeness (QED) is 0.780. The standard InChI is InChI=1S/C13H16ClN5O3/c1-13(2,5-3-10(20)21)17-12(22)16-11-15-9-7-8(14)4-6-19(9)18-11/h4,6-7H,3,5H2,1-2H3,(H,20,21)(H2,16,17,18,22). The molecule has 2 amide bonds. The van der Waals surface area contributed by atoms with Crippen LogP contribution in [0.2, 0.25) is 5.02 Å². The molecule has 22 heavy (non-hydrogen) atoms. The van der Waals surface area contributed by atoms with E-state index in [-0.39, 0.29) is 12.4 Å². The van der Waals surface area contributed by atoms with E-state index in [1.807, 2.05) is 0 Å². The number of carbonyl (C=O) groups excluding carboxylic acids is 1. The van der Waals surface area contributed by atoms with E-state index in [0.29, 0.717) is 17.1 Å². The number of urea groups is 1. The number of aromatic nitrogens is 3. The molecule has 0 fully saturated rings. The molecule has 0 unspecified atom stereocenters. The van der Waals surface area contributed by atoms with Gasteiger partial charge < -0.3 is 10.4 Å². The SMILES string of the molecule is CC(C)(CCC(=O)O)NC(=O)Nc1nc2cc(Cl)ccn2n1. The van der Waals surface area contributed by atoms with Gasteiger partial charge in [-0.3, -0.25) is 10.1 Å². The second-order valence-electron chi connectivity index (χ2n) is 5.44. The van der Waals surface area contributed by atoms with Crippen LogP contribution in [0.15, 0.2) is 18.3 Å².